The summed E-state index contributed by atoms with van der Waals surface area (Å²) in [6.07, 6.45) is 1.38. The molecular formula is C18H25B6F2N5O4S. The molecule has 1 aromatic carbocycles. The van der Waals surface area contributed by atoms with E-state index in [2.05, 4.69) is 15.6 Å². The van der Waals surface area contributed by atoms with Gasteiger partial charge in [0.2, 0.25) is 16.0 Å². The highest BCUT2D eigenvalue weighted by atomic mass is 32.2. The molecule has 0 bridgehead atoms. The second-order valence-electron chi connectivity index (χ2n) is 10.9. The van der Waals surface area contributed by atoms with E-state index in [9.17, 15) is 22.0 Å². The van der Waals surface area contributed by atoms with Gasteiger partial charge in [0, 0.05) is 22.6 Å². The number of hydrogen-bond donors (Lipinski definition) is 3. The van der Waals surface area contributed by atoms with Crippen LogP contribution in [0.2, 0.25) is 0 Å². The third-order valence-electron chi connectivity index (χ3n) is 5.23. The van der Waals surface area contributed by atoms with Crippen LogP contribution < -0.4 is 15.4 Å². The number of halogens is 2. The summed E-state index contributed by atoms with van der Waals surface area (Å²) in [4.78, 5) is 16.8. The molecule has 1 atom stereocenters. The molecule has 1 fully saturated rings. The fourth-order valence-corrected chi connectivity index (χ4v) is 6.25. The maximum absolute atomic E-state index is 14.9. The number of sulfonamides is 1. The molecule has 0 radical (unpaired) electrons. The van der Waals surface area contributed by atoms with Crippen LogP contribution in [0.15, 0.2) is 30.5 Å². The van der Waals surface area contributed by atoms with E-state index in [1.807, 2.05) is 23.5 Å². The molecule has 9 nitrogen and oxygen atoms in total. The van der Waals surface area contributed by atoms with E-state index in [0.29, 0.717) is 5.75 Å². The highest BCUT2D eigenvalue weighted by molar-refractivity contribution is 7.90. The van der Waals surface area contributed by atoms with Gasteiger partial charge in [-0.15, -0.1) is 0 Å². The largest absolute Gasteiger partial charge is 0.512 e. The molecule has 1 aliphatic heterocycles. The van der Waals surface area contributed by atoms with Gasteiger partial charge in [0.15, 0.2) is 11.6 Å². The Bertz CT molecular complexity index is 1320. The van der Waals surface area contributed by atoms with Crippen LogP contribution in [0.5, 0.6) is 5.75 Å². The molecule has 2 heterocycles. The van der Waals surface area contributed by atoms with Gasteiger partial charge >= 0.3 is 0 Å². The first-order valence-corrected chi connectivity index (χ1v) is 12.8. The molecule has 2 aromatic rings. The molecule has 0 unspecified atom stereocenters. The number of nitrogens with zero attached hydrogens (tertiary/aromatic N) is 2. The average Bonchev–Trinajstić information content (AvgIpc) is 2.67. The lowest BCUT2D eigenvalue weighted by molar-refractivity contribution is 0.102. The molecule has 3 rings (SSSR count). The number of guanidine groups is 1. The lowest BCUT2D eigenvalue weighted by atomic mass is 9.49. The Morgan fingerprint density at radius 3 is 2.36 bits per heavy atom. The predicted molar refractivity (Wildman–Crippen MR) is 150 cm³/mol. The Morgan fingerprint density at radius 1 is 1.22 bits per heavy atom. The summed E-state index contributed by atoms with van der Waals surface area (Å²) < 4.78 is 62.1. The van der Waals surface area contributed by atoms with Crippen molar-refractivity contribution in [3.05, 3.63) is 53.4 Å². The Labute approximate surface area is 214 Å². The standard InChI is InChI=1S/C18H25B6F2N5O4S/c1-16(7-36(33,34)31(15(27)30-16)17(19,20)21)10-4-8(5-11(25)13(10)26)29-14(32)12-3-2-9(6-28-12)35-18(22,23)24/h2-6H,7,19-24H2,1H3,(H2,27,30)(H,29,32)/t16-/m0/s1. The fourth-order valence-electron chi connectivity index (χ4n) is 4.00. The number of anilines is 1. The van der Waals surface area contributed by atoms with Gasteiger partial charge in [-0.25, -0.2) is 22.2 Å². The van der Waals surface area contributed by atoms with Crippen LogP contribution in [0, 0.1) is 17.0 Å². The zero-order chi connectivity index (χ0) is 27.3. The number of ether oxygens (including phenoxy) is 1. The average molecular weight is 510 g/mol. The first-order chi connectivity index (χ1) is 16.3. The number of nitrogens with one attached hydrogen (secondary N) is 3. The van der Waals surface area contributed by atoms with Crippen LogP contribution in [0.1, 0.15) is 23.0 Å². The van der Waals surface area contributed by atoms with Crippen molar-refractivity contribution in [3.8, 4) is 5.75 Å². The zero-order valence-corrected chi connectivity index (χ0v) is 22.1. The first kappa shape index (κ1) is 27.7. The number of aromatic nitrogens is 1. The highest BCUT2D eigenvalue weighted by Gasteiger charge is 2.48. The lowest BCUT2D eigenvalue weighted by Gasteiger charge is -2.47. The van der Waals surface area contributed by atoms with E-state index >= 15 is 0 Å². The van der Waals surface area contributed by atoms with Crippen LogP contribution >= 0.6 is 0 Å². The molecule has 1 saturated heterocycles. The summed E-state index contributed by atoms with van der Waals surface area (Å²) in [6.45, 7) is 1.36. The van der Waals surface area contributed by atoms with Crippen molar-refractivity contribution in [2.45, 2.75) is 23.0 Å². The van der Waals surface area contributed by atoms with Gasteiger partial charge in [-0.2, -0.15) is 0 Å². The van der Waals surface area contributed by atoms with Gasteiger partial charge in [-0.05, 0) is 30.4 Å². The maximum Gasteiger partial charge on any atom is 0.274 e. The minimum absolute atomic E-state index is 0.00900. The van der Waals surface area contributed by atoms with Crippen molar-refractivity contribution in [2.24, 2.45) is 0 Å². The molecule has 0 spiro atoms. The Kier molecular flexibility index (Phi) is 7.08. The number of rotatable bonds is 6. The summed E-state index contributed by atoms with van der Waals surface area (Å²) in [5.41, 5.74) is -2.11. The van der Waals surface area contributed by atoms with Gasteiger partial charge in [-0.1, -0.05) is 0 Å². The molecule has 184 valence electrons. The van der Waals surface area contributed by atoms with Crippen molar-refractivity contribution in [3.63, 3.8) is 0 Å². The summed E-state index contributed by atoms with van der Waals surface area (Å²) >= 11 is 0. The summed E-state index contributed by atoms with van der Waals surface area (Å²) in [6, 6.07) is 4.93. The van der Waals surface area contributed by atoms with Gasteiger partial charge in [0.25, 0.3) is 5.91 Å². The molecule has 1 aliphatic rings. The molecule has 1 amide bonds. The van der Waals surface area contributed by atoms with E-state index in [-0.39, 0.29) is 16.9 Å². The molecule has 0 saturated carbocycles. The lowest BCUT2D eigenvalue weighted by Crippen LogP contribution is -2.69. The third-order valence-corrected chi connectivity index (χ3v) is 7.46. The van der Waals surface area contributed by atoms with E-state index < -0.39 is 55.4 Å². The number of hydrogen-bond acceptors (Lipinski definition) is 6. The van der Waals surface area contributed by atoms with Crippen molar-refractivity contribution < 1.29 is 26.7 Å². The minimum atomic E-state index is -4.06. The SMILES string of the molecule is BC(B)(B)Oc1ccc(C(=O)Nc2cc(F)c(F)c([C@]3(C)CS(=O)(=O)N(C(B)(B)B)C(=N)N3)c2)nc1. The van der Waals surface area contributed by atoms with Crippen molar-refractivity contribution >= 4 is 74.7 Å². The molecule has 3 N–H and O–H groups in total. The van der Waals surface area contributed by atoms with E-state index in [1.165, 1.54) is 19.2 Å². The zero-order valence-electron chi connectivity index (χ0n) is 21.3. The summed E-state index contributed by atoms with van der Waals surface area (Å²) in [5, 5.41) is 12.1. The van der Waals surface area contributed by atoms with E-state index in [4.69, 9.17) is 10.1 Å². The first-order valence-electron chi connectivity index (χ1n) is 11.2. The van der Waals surface area contributed by atoms with Crippen molar-refractivity contribution in [1.82, 2.24) is 14.6 Å². The number of carbonyl (C=O) groups is 1. The predicted octanol–water partition coefficient (Wildman–Crippen LogP) is -4.60. The highest BCUT2D eigenvalue weighted by Crippen LogP contribution is 2.34. The monoisotopic (exact) mass is 511 g/mol. The normalized spacial score (nSPS) is 19.9. The second-order valence-corrected chi connectivity index (χ2v) is 12.7. The van der Waals surface area contributed by atoms with Crippen molar-refractivity contribution in [2.75, 3.05) is 11.1 Å². The molecular weight excluding hydrogens is 485 g/mol. The number of carbonyl (C=O) groups excluding carboxylic acids is 1. The second kappa shape index (κ2) is 9.20. The number of pyridine rings is 1. The smallest absolute Gasteiger partial charge is 0.274 e. The van der Waals surface area contributed by atoms with Crippen LogP contribution in [0.25, 0.3) is 0 Å². The number of amides is 1. The fraction of sp³-hybridized carbons (Fsp3) is 0.278. The minimum Gasteiger partial charge on any atom is -0.512 e. The van der Waals surface area contributed by atoms with Gasteiger partial charge < -0.3 is 15.4 Å². The Morgan fingerprint density at radius 2 is 1.86 bits per heavy atom. The Hall–Kier alpha value is -2.89. The van der Waals surface area contributed by atoms with Gasteiger partial charge in [-0.3, -0.25) is 14.5 Å². The van der Waals surface area contributed by atoms with Crippen molar-refractivity contribution in [1.29, 1.82) is 5.41 Å². The maximum atomic E-state index is 14.9. The number of benzene rings is 1. The third kappa shape index (κ3) is 5.91. The van der Waals surface area contributed by atoms with Gasteiger partial charge in [0.1, 0.15) is 58.5 Å². The van der Waals surface area contributed by atoms with Crippen LogP contribution in [-0.2, 0) is 15.6 Å². The molecule has 36 heavy (non-hydrogen) atoms. The topological polar surface area (TPSA) is 124 Å². The summed E-state index contributed by atoms with van der Waals surface area (Å²) in [7, 11) is 6.39. The van der Waals surface area contributed by atoms with Gasteiger partial charge in [0.05, 0.1) is 17.5 Å². The van der Waals surface area contributed by atoms with Crippen LogP contribution in [-0.4, -0.2) is 92.9 Å². The summed E-state index contributed by atoms with van der Waals surface area (Å²) in [5.74, 6) is -3.89. The van der Waals surface area contributed by atoms with Crippen LogP contribution in [0.4, 0.5) is 14.5 Å². The molecule has 0 aliphatic carbocycles. The van der Waals surface area contributed by atoms with Crippen LogP contribution in [0.3, 0.4) is 0 Å². The van der Waals surface area contributed by atoms with E-state index in [1.54, 1.807) is 29.6 Å². The molecule has 1 aromatic heterocycles. The van der Waals surface area contributed by atoms with E-state index in [0.717, 1.165) is 16.4 Å². The quantitative estimate of drug-likeness (QED) is 0.336. The Balaban J connectivity index is 1.91. The molecule has 18 heteroatoms.